The van der Waals surface area contributed by atoms with Crippen molar-refractivity contribution in [2.24, 2.45) is 0 Å². The minimum absolute atomic E-state index is 0.213. The molecule has 2 aromatic rings. The number of halogens is 1. The molecule has 0 saturated carbocycles. The highest BCUT2D eigenvalue weighted by atomic mass is 35.5. The van der Waals surface area contributed by atoms with E-state index in [0.717, 1.165) is 11.1 Å². The summed E-state index contributed by atoms with van der Waals surface area (Å²) < 4.78 is 5.23. The number of nitrogens with zero attached hydrogens (tertiary/aromatic N) is 1. The Hall–Kier alpha value is -2.37. The van der Waals surface area contributed by atoms with Crippen molar-refractivity contribution in [3.63, 3.8) is 0 Å². The normalized spacial score (nSPS) is 17.6. The van der Waals surface area contributed by atoms with Gasteiger partial charge in [-0.1, -0.05) is 67.9 Å². The predicted molar refractivity (Wildman–Crippen MR) is 109 cm³/mol. The molecule has 1 heterocycles. The van der Waals surface area contributed by atoms with Crippen LogP contribution >= 0.6 is 11.6 Å². The van der Waals surface area contributed by atoms with Crippen LogP contribution in [0, 0.1) is 0 Å². The van der Waals surface area contributed by atoms with Crippen LogP contribution in [0.15, 0.2) is 54.6 Å². The van der Waals surface area contributed by atoms with Crippen LogP contribution in [-0.2, 0) is 16.0 Å². The number of hydrogen-bond acceptors (Lipinski definition) is 4. The maximum atomic E-state index is 13.4. The third kappa shape index (κ3) is 4.91. The van der Waals surface area contributed by atoms with E-state index in [2.05, 4.69) is 5.32 Å². The minimum atomic E-state index is -0.575. The van der Waals surface area contributed by atoms with Gasteiger partial charge in [-0.15, -0.1) is 0 Å². The third-order valence-electron chi connectivity index (χ3n) is 4.81. The molecule has 5 nitrogen and oxygen atoms in total. The van der Waals surface area contributed by atoms with E-state index in [1.54, 1.807) is 12.1 Å². The molecule has 0 radical (unpaired) electrons. The van der Waals surface area contributed by atoms with Crippen LogP contribution < -0.4 is 5.32 Å². The lowest BCUT2D eigenvalue weighted by Crippen LogP contribution is -2.45. The fourth-order valence-electron chi connectivity index (χ4n) is 3.33. The largest absolute Gasteiger partial charge is 0.447 e. The Morgan fingerprint density at radius 1 is 1.18 bits per heavy atom. The Bertz CT molecular complexity index is 808. The first-order valence-corrected chi connectivity index (χ1v) is 9.86. The second-order valence-electron chi connectivity index (χ2n) is 7.30. The molecular formula is C22H25ClN2O3. The molecule has 148 valence electrons. The molecule has 3 rings (SSSR count). The average molecular weight is 401 g/mol. The van der Waals surface area contributed by atoms with E-state index in [1.165, 1.54) is 4.90 Å². The Kier molecular flexibility index (Phi) is 6.70. The summed E-state index contributed by atoms with van der Waals surface area (Å²) in [6.45, 7) is 4.68. The van der Waals surface area contributed by atoms with Gasteiger partial charge in [0.25, 0.3) is 0 Å². The summed E-state index contributed by atoms with van der Waals surface area (Å²) in [5.41, 5.74) is 1.88. The second-order valence-corrected chi connectivity index (χ2v) is 7.73. The Morgan fingerprint density at radius 3 is 2.50 bits per heavy atom. The van der Waals surface area contributed by atoms with E-state index in [9.17, 15) is 9.59 Å². The summed E-state index contributed by atoms with van der Waals surface area (Å²) in [6, 6.07) is 16.9. The van der Waals surface area contributed by atoms with Gasteiger partial charge in [0.15, 0.2) is 0 Å². The van der Waals surface area contributed by atoms with E-state index >= 15 is 0 Å². The zero-order valence-electron chi connectivity index (χ0n) is 16.1. The topological polar surface area (TPSA) is 58.6 Å². The molecule has 0 unspecified atom stereocenters. The lowest BCUT2D eigenvalue weighted by atomic mass is 9.96. The van der Waals surface area contributed by atoms with Crippen LogP contribution in [0.4, 0.5) is 4.79 Å². The summed E-state index contributed by atoms with van der Waals surface area (Å²) >= 11 is 6.00. The predicted octanol–water partition coefficient (Wildman–Crippen LogP) is 4.01. The first kappa shape index (κ1) is 20.4. The number of benzene rings is 2. The Morgan fingerprint density at radius 2 is 1.86 bits per heavy atom. The number of hydrogen-bond donors (Lipinski definition) is 1. The standard InChI is InChI=1S/C22H25ClN2O3/c1-15(2)24-13-20(17-8-10-18(23)11-9-17)21(26)25-19(14-28-22(25)27)12-16-6-4-3-5-7-16/h3-11,15,19-20,24H,12-14H2,1-2H3/t19-,20-/m1/s1. The number of rotatable bonds is 7. The highest BCUT2D eigenvalue weighted by Gasteiger charge is 2.41. The molecule has 1 aliphatic heterocycles. The van der Waals surface area contributed by atoms with Crippen molar-refractivity contribution in [2.75, 3.05) is 13.2 Å². The number of cyclic esters (lactones) is 1. The molecule has 0 aliphatic carbocycles. The molecule has 0 bridgehead atoms. The van der Waals surface area contributed by atoms with Gasteiger partial charge in [0.2, 0.25) is 5.91 Å². The summed E-state index contributed by atoms with van der Waals surface area (Å²) in [5, 5.41) is 3.92. The van der Waals surface area contributed by atoms with Gasteiger partial charge < -0.3 is 10.1 Å². The fraction of sp³-hybridized carbons (Fsp3) is 0.364. The third-order valence-corrected chi connectivity index (χ3v) is 5.07. The van der Waals surface area contributed by atoms with Gasteiger partial charge >= 0.3 is 6.09 Å². The van der Waals surface area contributed by atoms with Crippen molar-refractivity contribution >= 4 is 23.6 Å². The zero-order valence-corrected chi connectivity index (χ0v) is 16.9. The number of carbonyl (C=O) groups is 2. The SMILES string of the molecule is CC(C)NC[C@@H](C(=O)N1C(=O)OC[C@H]1Cc1ccccc1)c1ccc(Cl)cc1. The highest BCUT2D eigenvalue weighted by Crippen LogP contribution is 2.26. The van der Waals surface area contributed by atoms with Crippen LogP contribution in [0.25, 0.3) is 0 Å². The van der Waals surface area contributed by atoms with Crippen LogP contribution in [-0.4, -0.2) is 42.1 Å². The van der Waals surface area contributed by atoms with Gasteiger partial charge in [0, 0.05) is 17.6 Å². The summed E-state index contributed by atoms with van der Waals surface area (Å²) in [5.74, 6) is -0.748. The van der Waals surface area contributed by atoms with E-state index in [0.29, 0.717) is 18.0 Å². The highest BCUT2D eigenvalue weighted by molar-refractivity contribution is 6.30. The molecule has 6 heteroatoms. The number of carbonyl (C=O) groups excluding carboxylic acids is 2. The number of amides is 2. The van der Waals surface area contributed by atoms with Crippen molar-refractivity contribution in [2.45, 2.75) is 38.3 Å². The van der Waals surface area contributed by atoms with Gasteiger partial charge in [-0.2, -0.15) is 0 Å². The number of nitrogens with one attached hydrogen (secondary N) is 1. The van der Waals surface area contributed by atoms with E-state index < -0.39 is 12.0 Å². The summed E-state index contributed by atoms with van der Waals surface area (Å²) in [4.78, 5) is 27.1. The van der Waals surface area contributed by atoms with Crippen LogP contribution in [0.2, 0.25) is 5.02 Å². The molecule has 0 spiro atoms. The van der Waals surface area contributed by atoms with Gasteiger partial charge in [-0.3, -0.25) is 4.79 Å². The summed E-state index contributed by atoms with van der Waals surface area (Å²) in [6.07, 6.45) is -0.00191. The average Bonchev–Trinajstić information content (AvgIpc) is 3.04. The van der Waals surface area contributed by atoms with Crippen molar-refractivity contribution in [1.29, 1.82) is 0 Å². The van der Waals surface area contributed by atoms with Gasteiger partial charge in [-0.05, 0) is 29.7 Å². The van der Waals surface area contributed by atoms with E-state index in [-0.39, 0.29) is 24.6 Å². The summed E-state index contributed by atoms with van der Waals surface area (Å²) in [7, 11) is 0. The lowest BCUT2D eigenvalue weighted by Gasteiger charge is -2.26. The van der Waals surface area contributed by atoms with Gasteiger partial charge in [0.05, 0.1) is 12.0 Å². The minimum Gasteiger partial charge on any atom is -0.447 e. The molecule has 2 atom stereocenters. The molecular weight excluding hydrogens is 376 g/mol. The molecule has 2 amide bonds. The van der Waals surface area contributed by atoms with E-state index in [1.807, 2.05) is 56.3 Å². The maximum absolute atomic E-state index is 13.4. The van der Waals surface area contributed by atoms with Crippen LogP contribution in [0.3, 0.4) is 0 Å². The lowest BCUT2D eigenvalue weighted by molar-refractivity contribution is -0.130. The van der Waals surface area contributed by atoms with Gasteiger partial charge in [-0.25, -0.2) is 9.69 Å². The maximum Gasteiger partial charge on any atom is 0.417 e. The first-order valence-electron chi connectivity index (χ1n) is 9.48. The molecule has 1 aliphatic rings. The molecule has 1 saturated heterocycles. The van der Waals surface area contributed by atoms with Crippen molar-refractivity contribution in [3.05, 3.63) is 70.7 Å². The first-order chi connectivity index (χ1) is 13.5. The Balaban J connectivity index is 1.84. The van der Waals surface area contributed by atoms with Crippen molar-refractivity contribution in [1.82, 2.24) is 10.2 Å². The molecule has 1 fully saturated rings. The monoisotopic (exact) mass is 400 g/mol. The van der Waals surface area contributed by atoms with Crippen LogP contribution in [0.1, 0.15) is 30.9 Å². The van der Waals surface area contributed by atoms with Crippen molar-refractivity contribution < 1.29 is 14.3 Å². The number of imide groups is 1. The number of ether oxygens (including phenoxy) is 1. The zero-order chi connectivity index (χ0) is 20.1. The smallest absolute Gasteiger partial charge is 0.417 e. The molecule has 0 aromatic heterocycles. The van der Waals surface area contributed by atoms with Gasteiger partial charge in [0.1, 0.15) is 6.61 Å². The fourth-order valence-corrected chi connectivity index (χ4v) is 3.46. The quantitative estimate of drug-likeness (QED) is 0.762. The Labute approximate surface area is 170 Å². The van der Waals surface area contributed by atoms with E-state index in [4.69, 9.17) is 16.3 Å². The second kappa shape index (κ2) is 9.22. The van der Waals surface area contributed by atoms with Crippen molar-refractivity contribution in [3.8, 4) is 0 Å². The van der Waals surface area contributed by atoms with Crippen LogP contribution in [0.5, 0.6) is 0 Å². The molecule has 2 aromatic carbocycles. The molecule has 1 N–H and O–H groups in total. The molecule has 28 heavy (non-hydrogen) atoms.